The molecule has 1 aliphatic heterocycles. The standard InChI is InChI=1S/C34H36N4O2/c1-3-5-22-31-35-29(24-30-32(39)36-33(40)37(30)23-6-4-2)25-38(31)34(26-16-10-7-11-17-26,27-18-12-8-13-19-27)28-20-14-9-15-21-28/h7-21,24-25H,3-6,22-23H2,1-2H3,(H,36,39,40). The normalized spacial score (nSPS) is 14.7. The molecule has 6 nitrogen and oxygen atoms in total. The van der Waals surface area contributed by atoms with E-state index in [2.05, 4.69) is 96.5 Å². The highest BCUT2D eigenvalue weighted by Gasteiger charge is 2.40. The van der Waals surface area contributed by atoms with Crippen molar-refractivity contribution in [2.24, 2.45) is 0 Å². The first-order valence-corrected chi connectivity index (χ1v) is 14.2. The molecule has 1 fully saturated rings. The summed E-state index contributed by atoms with van der Waals surface area (Å²) >= 11 is 0. The highest BCUT2D eigenvalue weighted by molar-refractivity contribution is 6.13. The van der Waals surface area contributed by atoms with Gasteiger partial charge in [-0.1, -0.05) is 118 Å². The van der Waals surface area contributed by atoms with Gasteiger partial charge in [-0.15, -0.1) is 0 Å². The average molecular weight is 533 g/mol. The lowest BCUT2D eigenvalue weighted by Gasteiger charge is -2.38. The topological polar surface area (TPSA) is 67.2 Å². The number of aryl methyl sites for hydroxylation is 1. The van der Waals surface area contributed by atoms with Crippen LogP contribution in [0.5, 0.6) is 0 Å². The van der Waals surface area contributed by atoms with E-state index in [9.17, 15) is 9.59 Å². The third kappa shape index (κ3) is 5.09. The summed E-state index contributed by atoms with van der Waals surface area (Å²) < 4.78 is 2.28. The number of nitrogens with zero attached hydrogens (tertiary/aromatic N) is 3. The number of rotatable bonds is 11. The quantitative estimate of drug-likeness (QED) is 0.132. The smallest absolute Gasteiger partial charge is 0.316 e. The minimum atomic E-state index is -0.702. The first-order chi connectivity index (χ1) is 19.6. The molecule has 4 aromatic rings. The van der Waals surface area contributed by atoms with Gasteiger partial charge in [0.05, 0.1) is 5.69 Å². The number of imide groups is 1. The number of amides is 3. The maximum absolute atomic E-state index is 12.8. The monoisotopic (exact) mass is 532 g/mol. The minimum Gasteiger partial charge on any atom is -0.316 e. The van der Waals surface area contributed by atoms with Gasteiger partial charge < -0.3 is 4.57 Å². The number of carbonyl (C=O) groups excluding carboxylic acids is 2. The second kappa shape index (κ2) is 12.2. The Kier molecular flexibility index (Phi) is 8.25. The number of carbonyl (C=O) groups is 2. The van der Waals surface area contributed by atoms with Crippen LogP contribution in [-0.2, 0) is 16.8 Å². The van der Waals surface area contributed by atoms with E-state index in [0.29, 0.717) is 17.9 Å². The Morgan fingerprint density at radius 2 is 1.30 bits per heavy atom. The average Bonchev–Trinajstić information content (AvgIpc) is 3.52. The number of unbranched alkanes of at least 4 members (excludes halogenated alkanes) is 2. The zero-order chi connectivity index (χ0) is 28.0. The molecular formula is C34H36N4O2. The molecule has 2 heterocycles. The number of benzene rings is 3. The van der Waals surface area contributed by atoms with Crippen molar-refractivity contribution < 1.29 is 9.59 Å². The van der Waals surface area contributed by atoms with E-state index in [1.54, 1.807) is 6.08 Å². The van der Waals surface area contributed by atoms with Gasteiger partial charge >= 0.3 is 6.03 Å². The van der Waals surface area contributed by atoms with Crippen LogP contribution in [0.4, 0.5) is 4.79 Å². The highest BCUT2D eigenvalue weighted by Crippen LogP contribution is 2.42. The third-order valence-corrected chi connectivity index (χ3v) is 7.50. The molecular weight excluding hydrogens is 496 g/mol. The Hall–Kier alpha value is -4.45. The van der Waals surface area contributed by atoms with E-state index in [1.165, 1.54) is 4.90 Å². The van der Waals surface area contributed by atoms with Crippen LogP contribution < -0.4 is 5.32 Å². The lowest BCUT2D eigenvalue weighted by Crippen LogP contribution is -2.38. The molecule has 0 spiro atoms. The van der Waals surface area contributed by atoms with Gasteiger partial charge in [-0.05, 0) is 35.6 Å². The summed E-state index contributed by atoms with van der Waals surface area (Å²) in [5.41, 5.74) is 3.63. The van der Waals surface area contributed by atoms with Crippen molar-refractivity contribution in [1.82, 2.24) is 19.8 Å². The molecule has 0 atom stereocenters. The Morgan fingerprint density at radius 1 is 0.775 bits per heavy atom. The first kappa shape index (κ1) is 27.1. The predicted octanol–water partition coefficient (Wildman–Crippen LogP) is 6.76. The van der Waals surface area contributed by atoms with Gasteiger partial charge in [-0.3, -0.25) is 15.0 Å². The Bertz CT molecular complexity index is 1380. The van der Waals surface area contributed by atoms with E-state index in [0.717, 1.165) is 54.6 Å². The van der Waals surface area contributed by atoms with E-state index in [-0.39, 0.29) is 11.9 Å². The maximum atomic E-state index is 12.8. The molecule has 1 aliphatic rings. The summed E-state index contributed by atoms with van der Waals surface area (Å²) in [6.07, 6.45) is 8.32. The third-order valence-electron chi connectivity index (χ3n) is 7.50. The second-order valence-corrected chi connectivity index (χ2v) is 10.2. The zero-order valence-corrected chi connectivity index (χ0v) is 23.2. The molecule has 3 amide bonds. The fraction of sp³-hybridized carbons (Fsp3) is 0.265. The molecule has 40 heavy (non-hydrogen) atoms. The van der Waals surface area contributed by atoms with Gasteiger partial charge in [0.2, 0.25) is 0 Å². The molecule has 0 radical (unpaired) electrons. The minimum absolute atomic E-state index is 0.342. The summed E-state index contributed by atoms with van der Waals surface area (Å²) in [5.74, 6) is 0.543. The van der Waals surface area contributed by atoms with Crippen LogP contribution in [0, 0.1) is 0 Å². The van der Waals surface area contributed by atoms with Crippen LogP contribution in [0.15, 0.2) is 103 Å². The molecule has 1 saturated heterocycles. The Labute approximate surface area is 236 Å². The van der Waals surface area contributed by atoms with Crippen molar-refractivity contribution in [3.8, 4) is 0 Å². The van der Waals surface area contributed by atoms with Gasteiger partial charge in [-0.2, -0.15) is 0 Å². The molecule has 0 aliphatic carbocycles. The zero-order valence-electron chi connectivity index (χ0n) is 23.2. The van der Waals surface area contributed by atoms with E-state index in [4.69, 9.17) is 4.98 Å². The molecule has 5 rings (SSSR count). The summed E-state index contributed by atoms with van der Waals surface area (Å²) in [6.45, 7) is 4.73. The number of aromatic nitrogens is 2. The first-order valence-electron chi connectivity index (χ1n) is 14.2. The van der Waals surface area contributed by atoms with Crippen molar-refractivity contribution in [3.05, 3.63) is 131 Å². The number of urea groups is 1. The van der Waals surface area contributed by atoms with Crippen LogP contribution in [0.1, 0.15) is 67.7 Å². The highest BCUT2D eigenvalue weighted by atomic mass is 16.2. The number of hydrogen-bond donors (Lipinski definition) is 1. The van der Waals surface area contributed by atoms with Gasteiger partial charge in [-0.25, -0.2) is 9.78 Å². The van der Waals surface area contributed by atoms with Gasteiger partial charge in [0.1, 0.15) is 17.1 Å². The second-order valence-electron chi connectivity index (χ2n) is 10.2. The van der Waals surface area contributed by atoms with Crippen LogP contribution in [0.2, 0.25) is 0 Å². The molecule has 0 unspecified atom stereocenters. The van der Waals surface area contributed by atoms with Crippen molar-refractivity contribution >= 4 is 18.0 Å². The van der Waals surface area contributed by atoms with Crippen molar-refractivity contribution in [2.45, 2.75) is 51.5 Å². The predicted molar refractivity (Wildman–Crippen MR) is 159 cm³/mol. The SMILES string of the molecule is CCCCc1nc(C=C2C(=O)NC(=O)N2CCCC)cn1C(c1ccccc1)(c1ccccc1)c1ccccc1. The molecule has 6 heteroatoms. The lowest BCUT2D eigenvalue weighted by atomic mass is 9.76. The van der Waals surface area contributed by atoms with Gasteiger partial charge in [0.15, 0.2) is 0 Å². The van der Waals surface area contributed by atoms with Crippen LogP contribution in [0.3, 0.4) is 0 Å². The number of imidazole rings is 1. The van der Waals surface area contributed by atoms with Gasteiger partial charge in [0, 0.05) is 19.2 Å². The molecule has 0 saturated carbocycles. The van der Waals surface area contributed by atoms with E-state index >= 15 is 0 Å². The van der Waals surface area contributed by atoms with Crippen molar-refractivity contribution in [2.75, 3.05) is 6.54 Å². The number of hydrogen-bond acceptors (Lipinski definition) is 3. The van der Waals surface area contributed by atoms with Crippen LogP contribution >= 0.6 is 0 Å². The van der Waals surface area contributed by atoms with Crippen molar-refractivity contribution in [1.29, 1.82) is 0 Å². The Morgan fingerprint density at radius 3 is 1.80 bits per heavy atom. The molecule has 3 aromatic carbocycles. The largest absolute Gasteiger partial charge is 0.329 e. The summed E-state index contributed by atoms with van der Waals surface area (Å²) in [5, 5.41) is 2.45. The lowest BCUT2D eigenvalue weighted by molar-refractivity contribution is -0.116. The molecule has 1 aromatic heterocycles. The molecule has 0 bridgehead atoms. The van der Waals surface area contributed by atoms with E-state index < -0.39 is 5.54 Å². The molecule has 1 N–H and O–H groups in total. The molecule has 204 valence electrons. The summed E-state index contributed by atoms with van der Waals surface area (Å²) in [7, 11) is 0. The van der Waals surface area contributed by atoms with Gasteiger partial charge in [0.25, 0.3) is 5.91 Å². The maximum Gasteiger partial charge on any atom is 0.329 e. The van der Waals surface area contributed by atoms with Crippen LogP contribution in [-0.4, -0.2) is 32.9 Å². The summed E-state index contributed by atoms with van der Waals surface area (Å²) in [6, 6.07) is 31.1. The fourth-order valence-electron chi connectivity index (χ4n) is 5.55. The van der Waals surface area contributed by atoms with E-state index in [1.807, 2.05) is 24.4 Å². The van der Waals surface area contributed by atoms with Crippen LogP contribution in [0.25, 0.3) is 6.08 Å². The van der Waals surface area contributed by atoms with Crippen molar-refractivity contribution in [3.63, 3.8) is 0 Å². The summed E-state index contributed by atoms with van der Waals surface area (Å²) in [4.78, 5) is 32.0. The Balaban J connectivity index is 1.77. The fourth-order valence-corrected chi connectivity index (χ4v) is 5.55. The number of nitrogens with one attached hydrogen (secondary N) is 1.